The van der Waals surface area contributed by atoms with Gasteiger partial charge in [0.05, 0.1) is 5.71 Å². The van der Waals surface area contributed by atoms with Gasteiger partial charge in [-0.05, 0) is 16.3 Å². The molecule has 1 aliphatic carbocycles. The summed E-state index contributed by atoms with van der Waals surface area (Å²) in [6.45, 7) is 0. The molecule has 3 N–H and O–H groups in total. The number of hydrogen-bond donors (Lipinski definition) is 2. The van der Waals surface area contributed by atoms with E-state index in [2.05, 4.69) is 18.2 Å². The molecular formula is C19H14N2. The normalized spacial score (nSPS) is 13.8. The SMILES string of the molecule is N=C1C(c2cccc3ccccc23)=C(N)c2ccccc21. The summed E-state index contributed by atoms with van der Waals surface area (Å²) in [5.41, 5.74) is 11.3. The fourth-order valence-corrected chi connectivity index (χ4v) is 3.06. The van der Waals surface area contributed by atoms with Gasteiger partial charge in [-0.3, -0.25) is 5.41 Å². The minimum absolute atomic E-state index is 0.513. The molecule has 0 saturated heterocycles. The smallest absolute Gasteiger partial charge is 0.0718 e. The lowest BCUT2D eigenvalue weighted by atomic mass is 9.95. The van der Waals surface area contributed by atoms with Crippen molar-refractivity contribution in [2.24, 2.45) is 5.73 Å². The summed E-state index contributed by atoms with van der Waals surface area (Å²) >= 11 is 0. The van der Waals surface area contributed by atoms with Crippen molar-refractivity contribution in [3.05, 3.63) is 83.4 Å². The summed E-state index contributed by atoms with van der Waals surface area (Å²) in [6.07, 6.45) is 0. The molecule has 3 aromatic carbocycles. The lowest BCUT2D eigenvalue weighted by Gasteiger charge is -2.09. The first-order chi connectivity index (χ1) is 10.3. The van der Waals surface area contributed by atoms with Gasteiger partial charge in [-0.2, -0.15) is 0 Å². The highest BCUT2D eigenvalue weighted by molar-refractivity contribution is 6.41. The van der Waals surface area contributed by atoms with Crippen LogP contribution >= 0.6 is 0 Å². The van der Waals surface area contributed by atoms with Gasteiger partial charge >= 0.3 is 0 Å². The molecule has 21 heavy (non-hydrogen) atoms. The van der Waals surface area contributed by atoms with Crippen molar-refractivity contribution < 1.29 is 0 Å². The van der Waals surface area contributed by atoms with Crippen LogP contribution in [0.5, 0.6) is 0 Å². The number of benzene rings is 3. The van der Waals surface area contributed by atoms with Crippen molar-refractivity contribution in [2.75, 3.05) is 0 Å². The monoisotopic (exact) mass is 270 g/mol. The second-order valence-electron chi connectivity index (χ2n) is 5.24. The first-order valence-electron chi connectivity index (χ1n) is 6.94. The predicted octanol–water partition coefficient (Wildman–Crippen LogP) is 4.05. The third-order valence-electron chi connectivity index (χ3n) is 4.06. The van der Waals surface area contributed by atoms with E-state index in [1.807, 2.05) is 48.5 Å². The molecular weight excluding hydrogens is 256 g/mol. The van der Waals surface area contributed by atoms with Crippen LogP contribution in [0.1, 0.15) is 16.7 Å². The molecule has 0 heterocycles. The van der Waals surface area contributed by atoms with Gasteiger partial charge in [0.1, 0.15) is 0 Å². The highest BCUT2D eigenvalue weighted by atomic mass is 14.6. The maximum atomic E-state index is 8.49. The van der Waals surface area contributed by atoms with Crippen molar-refractivity contribution >= 4 is 27.8 Å². The maximum absolute atomic E-state index is 8.49. The molecule has 4 rings (SSSR count). The van der Waals surface area contributed by atoms with Crippen molar-refractivity contribution in [1.82, 2.24) is 0 Å². The summed E-state index contributed by atoms with van der Waals surface area (Å²) in [4.78, 5) is 0. The first kappa shape index (κ1) is 11.9. The number of rotatable bonds is 1. The molecule has 0 radical (unpaired) electrons. The third-order valence-corrected chi connectivity index (χ3v) is 4.06. The summed E-state index contributed by atoms with van der Waals surface area (Å²) in [5, 5.41) is 10.8. The van der Waals surface area contributed by atoms with E-state index in [0.717, 1.165) is 27.6 Å². The van der Waals surface area contributed by atoms with Gasteiger partial charge < -0.3 is 5.73 Å². The van der Waals surface area contributed by atoms with Crippen LogP contribution in [0.3, 0.4) is 0 Å². The second kappa shape index (κ2) is 4.32. The second-order valence-corrected chi connectivity index (χ2v) is 5.24. The Morgan fingerprint density at radius 1 is 0.667 bits per heavy atom. The highest BCUT2D eigenvalue weighted by Crippen LogP contribution is 2.37. The highest BCUT2D eigenvalue weighted by Gasteiger charge is 2.26. The van der Waals surface area contributed by atoms with Gasteiger partial charge in [0.15, 0.2) is 0 Å². The first-order valence-corrected chi connectivity index (χ1v) is 6.94. The molecule has 2 nitrogen and oxygen atoms in total. The summed E-state index contributed by atoms with van der Waals surface area (Å²) in [7, 11) is 0. The molecule has 0 saturated carbocycles. The zero-order valence-corrected chi connectivity index (χ0v) is 11.4. The van der Waals surface area contributed by atoms with Crippen LogP contribution in [0, 0.1) is 5.41 Å². The number of fused-ring (bicyclic) bond motifs is 2. The van der Waals surface area contributed by atoms with E-state index in [4.69, 9.17) is 11.1 Å². The third kappa shape index (κ3) is 1.62. The molecule has 0 bridgehead atoms. The molecule has 0 atom stereocenters. The Morgan fingerprint density at radius 3 is 2.10 bits per heavy atom. The largest absolute Gasteiger partial charge is 0.398 e. The van der Waals surface area contributed by atoms with Crippen LogP contribution in [0.4, 0.5) is 0 Å². The van der Waals surface area contributed by atoms with E-state index in [0.29, 0.717) is 11.4 Å². The standard InChI is InChI=1S/C19H14N2/c20-18-15-9-3-4-10-16(15)19(21)17(18)14-11-5-7-12-6-1-2-8-13(12)14/h1-11,20H,21H2. The van der Waals surface area contributed by atoms with Crippen LogP contribution in [-0.4, -0.2) is 5.71 Å². The topological polar surface area (TPSA) is 49.9 Å². The number of nitrogens with two attached hydrogens (primary N) is 1. The van der Waals surface area contributed by atoms with Gasteiger partial charge in [0.25, 0.3) is 0 Å². The Hall–Kier alpha value is -2.87. The van der Waals surface area contributed by atoms with Gasteiger partial charge in [0, 0.05) is 22.4 Å². The number of nitrogens with one attached hydrogen (secondary N) is 1. The van der Waals surface area contributed by atoms with Crippen LogP contribution in [-0.2, 0) is 0 Å². The maximum Gasteiger partial charge on any atom is 0.0718 e. The van der Waals surface area contributed by atoms with E-state index >= 15 is 0 Å². The van der Waals surface area contributed by atoms with Crippen molar-refractivity contribution in [3.8, 4) is 0 Å². The lowest BCUT2D eigenvalue weighted by molar-refractivity contribution is 1.49. The van der Waals surface area contributed by atoms with Gasteiger partial charge in [0.2, 0.25) is 0 Å². The van der Waals surface area contributed by atoms with E-state index in [9.17, 15) is 0 Å². The molecule has 0 aliphatic heterocycles. The quantitative estimate of drug-likeness (QED) is 0.688. The Balaban J connectivity index is 2.03. The molecule has 1 aliphatic rings. The number of hydrogen-bond acceptors (Lipinski definition) is 2. The van der Waals surface area contributed by atoms with Crippen molar-refractivity contribution in [1.29, 1.82) is 5.41 Å². The average Bonchev–Trinajstić information content (AvgIpc) is 2.79. The molecule has 0 aromatic heterocycles. The van der Waals surface area contributed by atoms with Crippen molar-refractivity contribution in [2.45, 2.75) is 0 Å². The zero-order valence-electron chi connectivity index (χ0n) is 11.4. The fraction of sp³-hybridized carbons (Fsp3) is 0. The Bertz CT molecular complexity index is 914. The molecule has 0 fully saturated rings. The molecule has 100 valence electrons. The van der Waals surface area contributed by atoms with E-state index in [1.165, 1.54) is 5.39 Å². The fourth-order valence-electron chi connectivity index (χ4n) is 3.06. The average molecular weight is 270 g/mol. The van der Waals surface area contributed by atoms with E-state index in [1.54, 1.807) is 0 Å². The Labute approximate surface area is 123 Å². The Kier molecular flexibility index (Phi) is 2.45. The molecule has 0 unspecified atom stereocenters. The summed E-state index contributed by atoms with van der Waals surface area (Å²) in [5.74, 6) is 0. The molecule has 2 heteroatoms. The van der Waals surface area contributed by atoms with Crippen LogP contribution < -0.4 is 5.73 Å². The zero-order chi connectivity index (χ0) is 14.4. The Morgan fingerprint density at radius 2 is 1.29 bits per heavy atom. The van der Waals surface area contributed by atoms with Crippen LogP contribution in [0.15, 0.2) is 66.7 Å². The predicted molar refractivity (Wildman–Crippen MR) is 88.2 cm³/mol. The van der Waals surface area contributed by atoms with Gasteiger partial charge in [-0.25, -0.2) is 0 Å². The van der Waals surface area contributed by atoms with Crippen LogP contribution in [0.25, 0.3) is 22.0 Å². The van der Waals surface area contributed by atoms with E-state index in [-0.39, 0.29) is 0 Å². The van der Waals surface area contributed by atoms with E-state index < -0.39 is 0 Å². The minimum Gasteiger partial charge on any atom is -0.398 e. The van der Waals surface area contributed by atoms with Gasteiger partial charge in [-0.15, -0.1) is 0 Å². The minimum atomic E-state index is 0.513. The lowest BCUT2D eigenvalue weighted by Crippen LogP contribution is -2.00. The molecule has 0 spiro atoms. The molecule has 3 aromatic rings. The van der Waals surface area contributed by atoms with Crippen LogP contribution in [0.2, 0.25) is 0 Å². The van der Waals surface area contributed by atoms with Gasteiger partial charge in [-0.1, -0.05) is 66.7 Å². The summed E-state index contributed by atoms with van der Waals surface area (Å²) < 4.78 is 0. The molecule has 0 amide bonds. The number of allylic oxidation sites excluding steroid dienone is 1. The summed E-state index contributed by atoms with van der Waals surface area (Å²) in [6, 6.07) is 22.2. The van der Waals surface area contributed by atoms with Crippen molar-refractivity contribution in [3.63, 3.8) is 0 Å².